The molecule has 8 nitrogen and oxygen atoms in total. The van der Waals surface area contributed by atoms with Gasteiger partial charge in [0.25, 0.3) is 0 Å². The number of aromatic nitrogens is 4. The summed E-state index contributed by atoms with van der Waals surface area (Å²) in [5, 5.41) is 22.9. The normalized spacial score (nSPS) is 17.1. The van der Waals surface area contributed by atoms with Crippen molar-refractivity contribution in [2.24, 2.45) is 13.0 Å². The zero-order chi connectivity index (χ0) is 28.1. The van der Waals surface area contributed by atoms with E-state index in [4.69, 9.17) is 39.1 Å². The van der Waals surface area contributed by atoms with E-state index in [-0.39, 0.29) is 5.71 Å². The van der Waals surface area contributed by atoms with Crippen molar-refractivity contribution >= 4 is 40.4 Å². The van der Waals surface area contributed by atoms with E-state index in [1.54, 1.807) is 24.3 Å². The highest BCUT2D eigenvalue weighted by molar-refractivity contribution is 6.36. The number of allylic oxidation sites excluding steroid dienone is 3. The first-order valence-electron chi connectivity index (χ1n) is 12.8. The molecule has 0 radical (unpaired) electrons. The van der Waals surface area contributed by atoms with E-state index in [1.165, 1.54) is 6.08 Å². The fraction of sp³-hybridized carbons (Fsp3) is 0.310. The Bertz CT molecular complexity index is 1410. The average molecular weight is 567 g/mol. The molecule has 3 heterocycles. The van der Waals surface area contributed by atoms with Gasteiger partial charge in [0.05, 0.1) is 11.4 Å². The predicted octanol–water partition coefficient (Wildman–Crippen LogP) is 5.87. The fourth-order valence-electron chi connectivity index (χ4n) is 4.70. The van der Waals surface area contributed by atoms with E-state index in [0.29, 0.717) is 44.2 Å². The number of nitrogens with one attached hydrogen (secondary N) is 1. The Morgan fingerprint density at radius 2 is 2.05 bits per heavy atom. The van der Waals surface area contributed by atoms with Crippen LogP contribution in [0.1, 0.15) is 37.2 Å². The fourth-order valence-corrected chi connectivity index (χ4v) is 5.26. The SMILES string of the molecule is C=C/C(Cl)=C(\C(Cl)=C/C)[C@@H](C)Oc1ccc(N)c(C(=N)c2ccc(N3CCC(Cc4ccn(C)n4)C3)nn2)c1. The second kappa shape index (κ2) is 12.5. The molecule has 39 heavy (non-hydrogen) atoms. The Labute approximate surface area is 239 Å². The van der Waals surface area contributed by atoms with E-state index in [9.17, 15) is 0 Å². The van der Waals surface area contributed by atoms with Gasteiger partial charge in [0.2, 0.25) is 0 Å². The second-order valence-corrected chi connectivity index (χ2v) is 10.4. The van der Waals surface area contributed by atoms with Crippen LogP contribution in [0.3, 0.4) is 0 Å². The Kier molecular flexibility index (Phi) is 9.09. The Hall–Kier alpha value is -3.62. The molecule has 10 heteroatoms. The lowest BCUT2D eigenvalue weighted by molar-refractivity contribution is 0.260. The van der Waals surface area contributed by atoms with E-state index in [2.05, 4.69) is 32.8 Å². The molecule has 4 rings (SSSR count). The molecule has 1 saturated heterocycles. The van der Waals surface area contributed by atoms with Gasteiger partial charge in [-0.15, -0.1) is 10.2 Å². The Balaban J connectivity index is 1.45. The largest absolute Gasteiger partial charge is 0.486 e. The summed E-state index contributed by atoms with van der Waals surface area (Å²) in [5.41, 5.74) is 9.48. The third-order valence-electron chi connectivity index (χ3n) is 6.74. The van der Waals surface area contributed by atoms with Crippen molar-refractivity contribution in [3.05, 3.63) is 93.9 Å². The number of nitrogen functional groups attached to an aromatic ring is 1. The van der Waals surface area contributed by atoms with Gasteiger partial charge in [-0.25, -0.2) is 0 Å². The van der Waals surface area contributed by atoms with Crippen LogP contribution in [0, 0.1) is 11.3 Å². The second-order valence-electron chi connectivity index (χ2n) is 9.55. The van der Waals surface area contributed by atoms with E-state index in [1.807, 2.05) is 43.9 Å². The van der Waals surface area contributed by atoms with Crippen LogP contribution in [0.4, 0.5) is 11.5 Å². The molecule has 1 fully saturated rings. The van der Waals surface area contributed by atoms with Crippen molar-refractivity contribution in [2.45, 2.75) is 32.8 Å². The van der Waals surface area contributed by atoms with Gasteiger partial charge in [-0.3, -0.25) is 10.1 Å². The van der Waals surface area contributed by atoms with E-state index in [0.717, 1.165) is 37.4 Å². The Morgan fingerprint density at radius 3 is 2.69 bits per heavy atom. The van der Waals surface area contributed by atoms with Crippen molar-refractivity contribution in [3.8, 4) is 5.75 Å². The van der Waals surface area contributed by atoms with Gasteiger partial charge in [0.1, 0.15) is 17.5 Å². The smallest absolute Gasteiger partial charge is 0.151 e. The highest BCUT2D eigenvalue weighted by Gasteiger charge is 2.25. The number of rotatable bonds is 10. The monoisotopic (exact) mass is 565 g/mol. The molecule has 1 unspecified atom stereocenters. The first-order chi connectivity index (χ1) is 18.7. The number of nitrogens with two attached hydrogens (primary N) is 1. The van der Waals surface area contributed by atoms with Crippen LogP contribution in [-0.2, 0) is 13.5 Å². The van der Waals surface area contributed by atoms with Crippen LogP contribution in [0.15, 0.2) is 77.0 Å². The zero-order valence-electron chi connectivity index (χ0n) is 22.4. The molecule has 3 N–H and O–H groups in total. The molecular formula is C29H33Cl2N7O. The minimum atomic E-state index is -0.467. The molecule has 0 saturated carbocycles. The van der Waals surface area contributed by atoms with E-state index < -0.39 is 6.10 Å². The lowest BCUT2D eigenvalue weighted by atomic mass is 10.0. The summed E-state index contributed by atoms with van der Waals surface area (Å²) in [4.78, 5) is 2.23. The van der Waals surface area contributed by atoms with Crippen molar-refractivity contribution in [1.29, 1.82) is 5.41 Å². The maximum Gasteiger partial charge on any atom is 0.151 e. The number of hydrogen-bond acceptors (Lipinski definition) is 7. The number of aryl methyl sites for hydroxylation is 1. The molecule has 0 bridgehead atoms. The van der Waals surface area contributed by atoms with Gasteiger partial charge >= 0.3 is 0 Å². The summed E-state index contributed by atoms with van der Waals surface area (Å²) < 4.78 is 7.96. The van der Waals surface area contributed by atoms with Crippen LogP contribution in [0.2, 0.25) is 0 Å². The van der Waals surface area contributed by atoms with Crippen LogP contribution < -0.4 is 15.4 Å². The molecule has 1 aliphatic heterocycles. The van der Waals surface area contributed by atoms with Crippen molar-refractivity contribution in [1.82, 2.24) is 20.0 Å². The number of halogens is 2. The van der Waals surface area contributed by atoms with E-state index >= 15 is 0 Å². The van der Waals surface area contributed by atoms with Crippen molar-refractivity contribution < 1.29 is 4.74 Å². The molecule has 1 aromatic carbocycles. The number of nitrogens with zero attached hydrogens (tertiary/aromatic N) is 5. The zero-order valence-corrected chi connectivity index (χ0v) is 23.9. The van der Waals surface area contributed by atoms with Gasteiger partial charge in [-0.2, -0.15) is 5.10 Å². The summed E-state index contributed by atoms with van der Waals surface area (Å²) in [6.07, 6.45) is 6.80. The minimum absolute atomic E-state index is 0.158. The Morgan fingerprint density at radius 1 is 1.26 bits per heavy atom. The maximum absolute atomic E-state index is 8.78. The topological polar surface area (TPSA) is 106 Å². The highest BCUT2D eigenvalue weighted by atomic mass is 35.5. The van der Waals surface area contributed by atoms with Crippen molar-refractivity contribution in [3.63, 3.8) is 0 Å². The number of ether oxygens (including phenoxy) is 1. The van der Waals surface area contributed by atoms with Gasteiger partial charge in [0, 0.05) is 53.2 Å². The molecule has 204 valence electrons. The molecule has 3 aromatic rings. The third-order valence-corrected chi connectivity index (χ3v) is 7.52. The lowest BCUT2D eigenvalue weighted by Crippen LogP contribution is -2.22. The summed E-state index contributed by atoms with van der Waals surface area (Å²) in [6.45, 7) is 9.21. The molecule has 0 aliphatic carbocycles. The maximum atomic E-state index is 8.78. The summed E-state index contributed by atoms with van der Waals surface area (Å²) in [7, 11) is 1.94. The first-order valence-corrected chi connectivity index (χ1v) is 13.5. The first kappa shape index (κ1) is 28.4. The summed E-state index contributed by atoms with van der Waals surface area (Å²) in [6, 6.07) is 11.0. The minimum Gasteiger partial charge on any atom is -0.486 e. The van der Waals surface area contributed by atoms with Crippen molar-refractivity contribution in [2.75, 3.05) is 23.7 Å². The number of hydrogen-bond donors (Lipinski definition) is 2. The number of anilines is 2. The molecule has 0 spiro atoms. The van der Waals surface area contributed by atoms with Crippen LogP contribution in [0.5, 0.6) is 5.75 Å². The van der Waals surface area contributed by atoms with Gasteiger partial charge in [-0.05, 0) is 69.0 Å². The summed E-state index contributed by atoms with van der Waals surface area (Å²) >= 11 is 12.7. The molecule has 2 aromatic heterocycles. The summed E-state index contributed by atoms with van der Waals surface area (Å²) in [5.74, 6) is 1.83. The average Bonchev–Trinajstić information content (AvgIpc) is 3.58. The van der Waals surface area contributed by atoms with Gasteiger partial charge < -0.3 is 15.4 Å². The predicted molar refractivity (Wildman–Crippen MR) is 159 cm³/mol. The molecular weight excluding hydrogens is 533 g/mol. The van der Waals surface area contributed by atoms with Gasteiger partial charge in [0.15, 0.2) is 5.82 Å². The van der Waals surface area contributed by atoms with Crippen LogP contribution >= 0.6 is 23.2 Å². The molecule has 2 atom stereocenters. The lowest BCUT2D eigenvalue weighted by Gasteiger charge is -2.20. The van der Waals surface area contributed by atoms with Gasteiger partial charge in [-0.1, -0.05) is 41.9 Å². The number of benzene rings is 1. The quantitative estimate of drug-likeness (QED) is 0.181. The van der Waals surface area contributed by atoms with Crippen LogP contribution in [-0.4, -0.2) is 44.9 Å². The molecule has 1 aliphatic rings. The standard InChI is InChI=1S/C29H33Cl2N7O/c1-5-23(30)28(24(31)6-2)18(3)39-21-7-8-25(32)22(16-21)29(33)26-9-10-27(35-34-26)38-14-11-19(17-38)15-20-12-13-37(4)36-20/h5-10,12-13,16,18-19,33H,1,11,14-15,17,32H2,2-4H3/b24-6+,28-23+,33-29?/t18-,19?/m1/s1. The highest BCUT2D eigenvalue weighted by Crippen LogP contribution is 2.30. The van der Waals surface area contributed by atoms with Crippen LogP contribution in [0.25, 0.3) is 0 Å². The molecule has 0 amide bonds. The third kappa shape index (κ3) is 6.69.